The van der Waals surface area contributed by atoms with Crippen LogP contribution in [0.4, 0.5) is 0 Å². The molecule has 0 bridgehead atoms. The Hall–Kier alpha value is -1.10. The molecular formula is C39H67NO4. The summed E-state index contributed by atoms with van der Waals surface area (Å²) in [7, 11) is 0. The first-order valence-electron chi connectivity index (χ1n) is 18.6. The number of carboxylic acid groups (broad SMARTS) is 1. The highest BCUT2D eigenvalue weighted by atomic mass is 16.5. The molecule has 0 saturated heterocycles. The van der Waals surface area contributed by atoms with E-state index < -0.39 is 11.4 Å². The standard InChI is InChI=1S/C39H67NO4/c1-10-40(11-2)24-23-39-18-12-13-28(39)27-14-15-30-36(7)19-17-31(44-33(43)26-34(3,4)25-32(41)42)35(5,6)29(36)16-20-38(30,9)37(27,8)21-22-39/h27-31H,10-26H2,1-9H3,(H,41,42)/t27-,28-,29?,30?,31+,36+,37-,38-,39-/m1/s1. The Bertz CT molecular complexity index is 1080. The molecule has 9 atom stereocenters. The lowest BCUT2D eigenvalue weighted by Crippen LogP contribution is -2.66. The average Bonchev–Trinajstić information content (AvgIpc) is 3.34. The zero-order chi connectivity index (χ0) is 32.3. The molecule has 5 saturated carbocycles. The van der Waals surface area contributed by atoms with Crippen molar-refractivity contribution in [1.29, 1.82) is 0 Å². The van der Waals surface area contributed by atoms with Gasteiger partial charge in [0.25, 0.3) is 0 Å². The van der Waals surface area contributed by atoms with Gasteiger partial charge in [-0.1, -0.05) is 68.7 Å². The number of esters is 1. The van der Waals surface area contributed by atoms with E-state index in [1.165, 1.54) is 83.8 Å². The summed E-state index contributed by atoms with van der Waals surface area (Å²) in [5, 5.41) is 9.30. The Morgan fingerprint density at radius 1 is 0.795 bits per heavy atom. The van der Waals surface area contributed by atoms with Crippen LogP contribution in [-0.4, -0.2) is 47.7 Å². The van der Waals surface area contributed by atoms with Gasteiger partial charge in [0.05, 0.1) is 12.8 Å². The number of carbonyl (C=O) groups excluding carboxylic acids is 1. The van der Waals surface area contributed by atoms with Crippen LogP contribution in [0.15, 0.2) is 0 Å². The van der Waals surface area contributed by atoms with E-state index in [-0.39, 0.29) is 35.7 Å². The molecule has 5 nitrogen and oxygen atoms in total. The fraction of sp³-hybridized carbons (Fsp3) is 0.949. The van der Waals surface area contributed by atoms with Gasteiger partial charge in [-0.25, -0.2) is 0 Å². The van der Waals surface area contributed by atoms with Crippen LogP contribution in [0.3, 0.4) is 0 Å². The van der Waals surface area contributed by atoms with E-state index in [0.29, 0.717) is 22.2 Å². The Balaban J connectivity index is 1.33. The van der Waals surface area contributed by atoms with E-state index in [4.69, 9.17) is 4.74 Å². The molecule has 0 spiro atoms. The number of aliphatic carboxylic acids is 1. The van der Waals surface area contributed by atoms with Gasteiger partial charge in [-0.15, -0.1) is 0 Å². The predicted octanol–water partition coefficient (Wildman–Crippen LogP) is 9.38. The Morgan fingerprint density at radius 2 is 1.50 bits per heavy atom. The second kappa shape index (κ2) is 11.9. The second-order valence-electron chi connectivity index (χ2n) is 18.6. The first-order chi connectivity index (χ1) is 20.5. The highest BCUT2D eigenvalue weighted by Gasteiger charge is 2.70. The van der Waals surface area contributed by atoms with Gasteiger partial charge < -0.3 is 14.7 Å². The minimum Gasteiger partial charge on any atom is -0.481 e. The van der Waals surface area contributed by atoms with Crippen LogP contribution in [0.1, 0.15) is 152 Å². The van der Waals surface area contributed by atoms with E-state index in [0.717, 1.165) is 30.6 Å². The molecule has 0 aromatic carbocycles. The number of fused-ring (bicyclic) bond motifs is 7. The van der Waals surface area contributed by atoms with Crippen molar-refractivity contribution >= 4 is 11.9 Å². The maximum Gasteiger partial charge on any atom is 0.306 e. The number of hydrogen-bond donors (Lipinski definition) is 1. The molecule has 5 heteroatoms. The van der Waals surface area contributed by atoms with E-state index in [9.17, 15) is 14.7 Å². The molecule has 0 radical (unpaired) electrons. The smallest absolute Gasteiger partial charge is 0.306 e. The van der Waals surface area contributed by atoms with Gasteiger partial charge in [0.2, 0.25) is 0 Å². The lowest BCUT2D eigenvalue weighted by atomic mass is 9.32. The van der Waals surface area contributed by atoms with Gasteiger partial charge >= 0.3 is 11.9 Å². The number of carboxylic acids is 1. The SMILES string of the molecule is CCN(CC)CC[C@]12CCC[C@@H]1[C@H]1CCC3[C@@]4(C)CC[C@H](OC(=O)CC(C)(C)CC(=O)O)C(C)(C)C4CC[C@@]3(C)[C@]1(C)CC2. The predicted molar refractivity (Wildman–Crippen MR) is 178 cm³/mol. The van der Waals surface area contributed by atoms with Gasteiger partial charge in [0.1, 0.15) is 6.10 Å². The Kier molecular flexibility index (Phi) is 9.22. The molecule has 1 N–H and O–H groups in total. The van der Waals surface area contributed by atoms with E-state index in [2.05, 4.69) is 53.4 Å². The molecule has 252 valence electrons. The van der Waals surface area contributed by atoms with Crippen molar-refractivity contribution in [1.82, 2.24) is 4.90 Å². The number of ether oxygens (including phenoxy) is 1. The van der Waals surface area contributed by atoms with Crippen LogP contribution in [-0.2, 0) is 14.3 Å². The molecule has 5 rings (SSSR count). The highest BCUT2D eigenvalue weighted by Crippen LogP contribution is 2.77. The maximum atomic E-state index is 13.1. The molecule has 0 aliphatic heterocycles. The third-order valence-electron chi connectivity index (χ3n) is 15.8. The van der Waals surface area contributed by atoms with Gasteiger partial charge in [-0.05, 0) is 141 Å². The van der Waals surface area contributed by atoms with Crippen LogP contribution in [0.5, 0.6) is 0 Å². The first-order valence-corrected chi connectivity index (χ1v) is 18.6. The summed E-state index contributed by atoms with van der Waals surface area (Å²) in [6, 6.07) is 0. The van der Waals surface area contributed by atoms with Crippen molar-refractivity contribution in [2.75, 3.05) is 19.6 Å². The quantitative estimate of drug-likeness (QED) is 0.249. The number of carbonyl (C=O) groups is 2. The topological polar surface area (TPSA) is 66.8 Å². The number of hydrogen-bond acceptors (Lipinski definition) is 4. The summed E-state index contributed by atoms with van der Waals surface area (Å²) in [6.45, 7) is 24.9. The van der Waals surface area contributed by atoms with E-state index in [1.54, 1.807) is 0 Å². The fourth-order valence-electron chi connectivity index (χ4n) is 13.3. The maximum absolute atomic E-state index is 13.1. The van der Waals surface area contributed by atoms with Crippen molar-refractivity contribution in [3.05, 3.63) is 0 Å². The molecule has 0 amide bonds. The normalized spacial score (nSPS) is 43.0. The van der Waals surface area contributed by atoms with Crippen molar-refractivity contribution in [3.8, 4) is 0 Å². The number of rotatable bonds is 10. The monoisotopic (exact) mass is 614 g/mol. The molecular weight excluding hydrogens is 546 g/mol. The average molecular weight is 614 g/mol. The summed E-state index contributed by atoms with van der Waals surface area (Å²) in [5.41, 5.74) is 0.953. The van der Waals surface area contributed by atoms with E-state index >= 15 is 0 Å². The fourth-order valence-corrected chi connectivity index (χ4v) is 13.3. The van der Waals surface area contributed by atoms with Crippen LogP contribution in [0.2, 0.25) is 0 Å². The van der Waals surface area contributed by atoms with Crippen molar-refractivity contribution in [2.24, 2.45) is 56.2 Å². The molecule has 0 heterocycles. The third-order valence-corrected chi connectivity index (χ3v) is 15.8. The molecule has 0 aromatic rings. The summed E-state index contributed by atoms with van der Waals surface area (Å²) in [5.74, 6) is 1.96. The summed E-state index contributed by atoms with van der Waals surface area (Å²) in [4.78, 5) is 27.1. The zero-order valence-electron chi connectivity index (χ0n) is 30.0. The molecule has 2 unspecified atom stereocenters. The lowest BCUT2D eigenvalue weighted by molar-refractivity contribution is -0.249. The molecule has 5 fully saturated rings. The molecule has 5 aliphatic carbocycles. The van der Waals surface area contributed by atoms with Crippen LogP contribution in [0, 0.1) is 56.2 Å². The summed E-state index contributed by atoms with van der Waals surface area (Å²) in [6.07, 6.45) is 16.1. The second-order valence-corrected chi connectivity index (χ2v) is 18.6. The van der Waals surface area contributed by atoms with Crippen LogP contribution >= 0.6 is 0 Å². The van der Waals surface area contributed by atoms with E-state index in [1.807, 2.05) is 13.8 Å². The zero-order valence-corrected chi connectivity index (χ0v) is 30.0. The molecule has 5 aliphatic rings. The van der Waals surface area contributed by atoms with Crippen molar-refractivity contribution in [2.45, 2.75) is 158 Å². The van der Waals surface area contributed by atoms with Gasteiger partial charge in [0.15, 0.2) is 0 Å². The van der Waals surface area contributed by atoms with Crippen molar-refractivity contribution in [3.63, 3.8) is 0 Å². The summed E-state index contributed by atoms with van der Waals surface area (Å²) >= 11 is 0. The van der Waals surface area contributed by atoms with Gasteiger partial charge in [-0.2, -0.15) is 0 Å². The number of nitrogens with zero attached hydrogens (tertiary/aromatic N) is 1. The van der Waals surface area contributed by atoms with Crippen molar-refractivity contribution < 1.29 is 19.4 Å². The Labute approximate surface area is 270 Å². The lowest BCUT2D eigenvalue weighted by Gasteiger charge is -2.72. The molecule has 0 aromatic heterocycles. The molecule has 44 heavy (non-hydrogen) atoms. The Morgan fingerprint density at radius 3 is 2.16 bits per heavy atom. The highest BCUT2D eigenvalue weighted by molar-refractivity contribution is 5.73. The van der Waals surface area contributed by atoms with Crippen LogP contribution in [0.25, 0.3) is 0 Å². The minimum absolute atomic E-state index is 0.0191. The first kappa shape index (κ1) is 34.2. The summed E-state index contributed by atoms with van der Waals surface area (Å²) < 4.78 is 6.26. The largest absolute Gasteiger partial charge is 0.481 e. The third kappa shape index (κ3) is 5.49. The van der Waals surface area contributed by atoms with Gasteiger partial charge in [-0.3, -0.25) is 9.59 Å². The van der Waals surface area contributed by atoms with Crippen LogP contribution < -0.4 is 0 Å². The minimum atomic E-state index is -0.860. The van der Waals surface area contributed by atoms with Gasteiger partial charge in [0, 0.05) is 5.41 Å².